The molecule has 3 rings (SSSR count). The molecule has 0 aromatic carbocycles. The summed E-state index contributed by atoms with van der Waals surface area (Å²) in [5.74, 6) is 1.17. The second-order valence-corrected chi connectivity index (χ2v) is 8.32. The summed E-state index contributed by atoms with van der Waals surface area (Å²) in [6, 6.07) is 3.21. The van der Waals surface area contributed by atoms with Gasteiger partial charge in [-0.15, -0.1) is 0 Å². The number of nitrogens with one attached hydrogen (secondary N) is 2. The van der Waals surface area contributed by atoms with Crippen molar-refractivity contribution in [3.63, 3.8) is 0 Å². The van der Waals surface area contributed by atoms with E-state index in [-0.39, 0.29) is 17.9 Å². The maximum Gasteiger partial charge on any atom is 0.251 e. The summed E-state index contributed by atoms with van der Waals surface area (Å²) in [5, 5.41) is 5.92. The third-order valence-corrected chi connectivity index (χ3v) is 5.86. The Morgan fingerprint density at radius 3 is 2.70 bits per heavy atom. The number of pyridine rings is 1. The molecule has 0 radical (unpaired) electrons. The monoisotopic (exact) mass is 338 g/mol. The van der Waals surface area contributed by atoms with Gasteiger partial charge < -0.3 is 10.6 Å². The van der Waals surface area contributed by atoms with Gasteiger partial charge in [0.2, 0.25) is 10.0 Å². The minimum atomic E-state index is -3.22. The maximum absolute atomic E-state index is 12.5. The van der Waals surface area contributed by atoms with Crippen molar-refractivity contribution in [2.75, 3.05) is 31.7 Å². The molecule has 0 spiro atoms. The molecular formula is C15H22N4O3S. The molecule has 0 unspecified atom stereocenters. The average molecular weight is 338 g/mol. The van der Waals surface area contributed by atoms with Gasteiger partial charge in [0.1, 0.15) is 5.82 Å². The minimum Gasteiger partial charge on any atom is -0.373 e. The molecule has 1 saturated carbocycles. The van der Waals surface area contributed by atoms with E-state index >= 15 is 0 Å². The summed E-state index contributed by atoms with van der Waals surface area (Å²) in [6.07, 6.45) is 5.04. The van der Waals surface area contributed by atoms with Gasteiger partial charge in [-0.05, 0) is 36.8 Å². The topological polar surface area (TPSA) is 91.4 Å². The maximum atomic E-state index is 12.5. The van der Waals surface area contributed by atoms with Crippen molar-refractivity contribution in [2.24, 2.45) is 11.8 Å². The van der Waals surface area contributed by atoms with Crippen LogP contribution in [0.1, 0.15) is 23.2 Å². The van der Waals surface area contributed by atoms with Gasteiger partial charge in [0.05, 0.1) is 6.26 Å². The van der Waals surface area contributed by atoms with Gasteiger partial charge in [0, 0.05) is 37.9 Å². The number of carbonyl (C=O) groups excluding carboxylic acids is 1. The lowest BCUT2D eigenvalue weighted by atomic mass is 9.98. The van der Waals surface area contributed by atoms with Crippen molar-refractivity contribution in [3.8, 4) is 0 Å². The van der Waals surface area contributed by atoms with Gasteiger partial charge in [0.25, 0.3) is 5.91 Å². The molecule has 1 saturated heterocycles. The Morgan fingerprint density at radius 1 is 1.35 bits per heavy atom. The first-order chi connectivity index (χ1) is 10.9. The first kappa shape index (κ1) is 16.2. The van der Waals surface area contributed by atoms with Crippen LogP contribution in [-0.2, 0) is 10.0 Å². The highest BCUT2D eigenvalue weighted by molar-refractivity contribution is 7.88. The lowest BCUT2D eigenvalue weighted by molar-refractivity contribution is 0.0928. The zero-order valence-electron chi connectivity index (χ0n) is 13.3. The van der Waals surface area contributed by atoms with E-state index in [0.717, 1.165) is 12.8 Å². The molecule has 2 heterocycles. The molecule has 1 aliphatic heterocycles. The van der Waals surface area contributed by atoms with E-state index in [1.807, 2.05) is 0 Å². The zero-order valence-corrected chi connectivity index (χ0v) is 14.1. The van der Waals surface area contributed by atoms with Crippen LogP contribution in [-0.4, -0.2) is 56.0 Å². The Kier molecular flexibility index (Phi) is 4.29. The van der Waals surface area contributed by atoms with Gasteiger partial charge >= 0.3 is 0 Å². The number of anilines is 1. The molecule has 2 fully saturated rings. The average Bonchev–Trinajstić information content (AvgIpc) is 3.27. The van der Waals surface area contributed by atoms with Gasteiger partial charge in [-0.25, -0.2) is 13.4 Å². The number of amides is 1. The Hall–Kier alpha value is -1.67. The van der Waals surface area contributed by atoms with Gasteiger partial charge in [0.15, 0.2) is 0 Å². The van der Waals surface area contributed by atoms with Crippen LogP contribution in [0, 0.1) is 11.8 Å². The summed E-state index contributed by atoms with van der Waals surface area (Å²) in [4.78, 5) is 16.6. The molecule has 2 atom stereocenters. The van der Waals surface area contributed by atoms with Crippen molar-refractivity contribution in [1.29, 1.82) is 0 Å². The van der Waals surface area contributed by atoms with Crippen molar-refractivity contribution >= 4 is 21.7 Å². The molecule has 1 aromatic heterocycles. The predicted octanol–water partition coefficient (Wildman–Crippen LogP) is 0.523. The lowest BCUT2D eigenvalue weighted by Gasteiger charge is -2.19. The highest BCUT2D eigenvalue weighted by atomic mass is 32.2. The number of aromatic nitrogens is 1. The van der Waals surface area contributed by atoms with Crippen LogP contribution in [0.5, 0.6) is 0 Å². The van der Waals surface area contributed by atoms with Crippen LogP contribution < -0.4 is 10.6 Å². The van der Waals surface area contributed by atoms with Crippen molar-refractivity contribution in [3.05, 3.63) is 23.9 Å². The first-order valence-corrected chi connectivity index (χ1v) is 9.63. The van der Waals surface area contributed by atoms with E-state index in [9.17, 15) is 13.2 Å². The number of sulfonamides is 1. The number of carbonyl (C=O) groups is 1. The standard InChI is InChI=1S/C15H22N4O3S/c1-16-14-7-11(5-6-17-14)15(20)18-13-9-19(23(2,21)22)8-12(13)10-3-4-10/h5-7,10,12-13H,3-4,8-9H2,1-2H3,(H,16,17)(H,18,20)/t12-,13+/m1/s1. The quantitative estimate of drug-likeness (QED) is 0.817. The summed E-state index contributed by atoms with van der Waals surface area (Å²) in [5.41, 5.74) is 0.525. The van der Waals surface area contributed by atoms with Gasteiger partial charge in [-0.2, -0.15) is 4.31 Å². The van der Waals surface area contributed by atoms with Crippen molar-refractivity contribution < 1.29 is 13.2 Å². The molecule has 23 heavy (non-hydrogen) atoms. The number of nitrogens with zero attached hydrogens (tertiary/aromatic N) is 2. The van der Waals surface area contributed by atoms with Crippen LogP contribution in [0.25, 0.3) is 0 Å². The Balaban J connectivity index is 1.73. The Bertz CT molecular complexity index is 702. The van der Waals surface area contributed by atoms with Crippen LogP contribution >= 0.6 is 0 Å². The molecular weight excluding hydrogens is 316 g/mol. The summed E-state index contributed by atoms with van der Waals surface area (Å²) >= 11 is 0. The van der Waals surface area contributed by atoms with E-state index in [4.69, 9.17) is 0 Å². The minimum absolute atomic E-state index is 0.129. The third-order valence-electron chi connectivity index (χ3n) is 4.62. The summed E-state index contributed by atoms with van der Waals surface area (Å²) in [7, 11) is -1.48. The number of hydrogen-bond acceptors (Lipinski definition) is 5. The fourth-order valence-corrected chi connectivity index (χ4v) is 4.05. The summed E-state index contributed by atoms with van der Waals surface area (Å²) < 4.78 is 25.1. The molecule has 1 amide bonds. The number of hydrogen-bond donors (Lipinski definition) is 2. The largest absolute Gasteiger partial charge is 0.373 e. The molecule has 2 N–H and O–H groups in total. The van der Waals surface area contributed by atoms with E-state index in [1.54, 1.807) is 25.4 Å². The predicted molar refractivity (Wildman–Crippen MR) is 87.7 cm³/mol. The zero-order chi connectivity index (χ0) is 16.6. The Morgan fingerprint density at radius 2 is 2.09 bits per heavy atom. The van der Waals surface area contributed by atoms with E-state index < -0.39 is 10.0 Å². The van der Waals surface area contributed by atoms with E-state index in [2.05, 4.69) is 15.6 Å². The van der Waals surface area contributed by atoms with E-state index in [0.29, 0.717) is 30.4 Å². The first-order valence-electron chi connectivity index (χ1n) is 7.78. The fraction of sp³-hybridized carbons (Fsp3) is 0.600. The highest BCUT2D eigenvalue weighted by Gasteiger charge is 2.45. The fourth-order valence-electron chi connectivity index (χ4n) is 3.18. The normalized spacial score (nSPS) is 25.3. The summed E-state index contributed by atoms with van der Waals surface area (Å²) in [6.45, 7) is 0.863. The van der Waals surface area contributed by atoms with Gasteiger partial charge in [-0.1, -0.05) is 0 Å². The third kappa shape index (κ3) is 3.64. The molecule has 1 aromatic rings. The van der Waals surface area contributed by atoms with Crippen LogP contribution in [0.3, 0.4) is 0 Å². The molecule has 0 bridgehead atoms. The number of rotatable bonds is 5. The highest BCUT2D eigenvalue weighted by Crippen LogP contribution is 2.42. The SMILES string of the molecule is CNc1cc(C(=O)N[C@H]2CN(S(C)(=O)=O)C[C@@H]2C2CC2)ccn1. The van der Waals surface area contributed by atoms with Crippen molar-refractivity contribution in [1.82, 2.24) is 14.6 Å². The molecule has 2 aliphatic rings. The van der Waals surface area contributed by atoms with Crippen LogP contribution in [0.15, 0.2) is 18.3 Å². The molecule has 1 aliphatic carbocycles. The Labute approximate surface area is 136 Å². The smallest absolute Gasteiger partial charge is 0.251 e. The van der Waals surface area contributed by atoms with Crippen molar-refractivity contribution in [2.45, 2.75) is 18.9 Å². The van der Waals surface area contributed by atoms with Crippen LogP contribution in [0.2, 0.25) is 0 Å². The van der Waals surface area contributed by atoms with Crippen LogP contribution in [0.4, 0.5) is 5.82 Å². The van der Waals surface area contributed by atoms with Gasteiger partial charge in [-0.3, -0.25) is 4.79 Å². The molecule has 126 valence electrons. The van der Waals surface area contributed by atoms with E-state index in [1.165, 1.54) is 10.6 Å². The second-order valence-electron chi connectivity index (χ2n) is 6.34. The molecule has 8 heteroatoms. The second kappa shape index (κ2) is 6.09. The lowest BCUT2D eigenvalue weighted by Crippen LogP contribution is -2.41. The molecule has 7 nitrogen and oxygen atoms in total.